The second-order valence-corrected chi connectivity index (χ2v) is 10.9. The number of benzene rings is 2. The molecule has 1 N–H and O–H groups in total. The molecule has 0 aliphatic heterocycles. The van der Waals surface area contributed by atoms with Crippen LogP contribution in [0.25, 0.3) is 0 Å². The lowest BCUT2D eigenvalue weighted by Crippen LogP contribution is -2.52. The van der Waals surface area contributed by atoms with Gasteiger partial charge >= 0.3 is 0 Å². The van der Waals surface area contributed by atoms with Gasteiger partial charge in [-0.25, -0.2) is 8.42 Å². The predicted molar refractivity (Wildman–Crippen MR) is 138 cm³/mol. The molecule has 1 atom stereocenters. The fourth-order valence-corrected chi connectivity index (χ4v) is 5.21. The summed E-state index contributed by atoms with van der Waals surface area (Å²) in [6.45, 7) is 5.05. The Balaban J connectivity index is 2.53. The number of rotatable bonds is 10. The monoisotopic (exact) mass is 547 g/mol. The van der Waals surface area contributed by atoms with Crippen molar-refractivity contribution in [3.63, 3.8) is 0 Å². The van der Waals surface area contributed by atoms with E-state index in [9.17, 15) is 18.0 Å². The molecule has 0 aliphatic rings. The molecule has 11 heteroatoms. The number of nitrogens with zero attached hydrogens (tertiary/aromatic N) is 2. The van der Waals surface area contributed by atoms with Crippen LogP contribution in [0.1, 0.15) is 31.4 Å². The molecule has 0 aliphatic carbocycles. The number of carbonyl (C=O) groups is 2. The molecular weight excluding hydrogens is 521 g/mol. The highest BCUT2D eigenvalue weighted by Crippen LogP contribution is 2.29. The van der Waals surface area contributed by atoms with Crippen LogP contribution >= 0.6 is 34.8 Å². The van der Waals surface area contributed by atoms with Gasteiger partial charge in [0.15, 0.2) is 0 Å². The van der Waals surface area contributed by atoms with Crippen LogP contribution < -0.4 is 9.62 Å². The molecule has 2 rings (SSSR count). The van der Waals surface area contributed by atoms with Crippen molar-refractivity contribution in [1.82, 2.24) is 10.2 Å². The van der Waals surface area contributed by atoms with Crippen LogP contribution in [0.15, 0.2) is 36.4 Å². The molecule has 0 saturated heterocycles. The van der Waals surface area contributed by atoms with Gasteiger partial charge in [-0.05, 0) is 56.2 Å². The summed E-state index contributed by atoms with van der Waals surface area (Å²) in [6, 6.07) is 8.81. The molecule has 0 heterocycles. The zero-order chi connectivity index (χ0) is 25.6. The third kappa shape index (κ3) is 7.01. The normalized spacial score (nSPS) is 12.2. The smallest absolute Gasteiger partial charge is 0.244 e. The lowest BCUT2D eigenvalue weighted by molar-refractivity contribution is -0.140. The molecule has 2 amide bonds. The Bertz CT molecular complexity index is 1140. The number of amides is 2. The SMILES string of the molecule is CCNC(=O)[C@H](CC)N(Cc1c(Cl)cccc1Cl)C(=O)CN(c1ccc(Cl)cc1C)S(C)(=O)=O. The first-order valence-corrected chi connectivity index (χ1v) is 13.6. The summed E-state index contributed by atoms with van der Waals surface area (Å²) in [5, 5.41) is 3.85. The minimum Gasteiger partial charge on any atom is -0.355 e. The van der Waals surface area contributed by atoms with Gasteiger partial charge in [0.2, 0.25) is 21.8 Å². The van der Waals surface area contributed by atoms with E-state index in [2.05, 4.69) is 5.32 Å². The number of hydrogen-bond donors (Lipinski definition) is 1. The Morgan fingerprint density at radius 2 is 1.68 bits per heavy atom. The van der Waals surface area contributed by atoms with Gasteiger partial charge in [-0.15, -0.1) is 0 Å². The molecule has 2 aromatic rings. The minimum absolute atomic E-state index is 0.0653. The fraction of sp³-hybridized carbons (Fsp3) is 0.391. The van der Waals surface area contributed by atoms with E-state index in [-0.39, 0.29) is 12.5 Å². The quantitative estimate of drug-likeness (QED) is 0.468. The summed E-state index contributed by atoms with van der Waals surface area (Å²) in [7, 11) is -3.84. The van der Waals surface area contributed by atoms with E-state index in [0.717, 1.165) is 10.6 Å². The number of sulfonamides is 1. The van der Waals surface area contributed by atoms with Crippen molar-refractivity contribution in [3.05, 3.63) is 62.6 Å². The zero-order valence-electron chi connectivity index (χ0n) is 19.4. The number of hydrogen-bond acceptors (Lipinski definition) is 4. The van der Waals surface area contributed by atoms with Gasteiger partial charge in [0.25, 0.3) is 0 Å². The van der Waals surface area contributed by atoms with Crippen molar-refractivity contribution in [1.29, 1.82) is 0 Å². The standard InChI is InChI=1S/C23H28Cl3N3O4S/c1-5-20(23(31)27-6-2)28(13-17-18(25)8-7-9-19(17)26)22(30)14-29(34(4,32)33)21-11-10-16(24)12-15(21)3/h7-12,20H,5-6,13-14H2,1-4H3,(H,27,31)/t20-/m0/s1. The highest BCUT2D eigenvalue weighted by atomic mass is 35.5. The van der Waals surface area contributed by atoms with Crippen LogP contribution in [-0.4, -0.2) is 50.5 Å². The first-order chi connectivity index (χ1) is 15.9. The summed E-state index contributed by atoms with van der Waals surface area (Å²) < 4.78 is 26.3. The van der Waals surface area contributed by atoms with E-state index in [4.69, 9.17) is 34.8 Å². The summed E-state index contributed by atoms with van der Waals surface area (Å²) >= 11 is 18.7. The van der Waals surface area contributed by atoms with Crippen LogP contribution in [0.2, 0.25) is 15.1 Å². The third-order valence-corrected chi connectivity index (χ3v) is 7.30. The average molecular weight is 549 g/mol. The van der Waals surface area contributed by atoms with E-state index in [1.807, 2.05) is 0 Å². The van der Waals surface area contributed by atoms with Gasteiger partial charge in [-0.3, -0.25) is 13.9 Å². The second-order valence-electron chi connectivity index (χ2n) is 7.74. The second kappa shape index (κ2) is 12.1. The molecule has 0 unspecified atom stereocenters. The number of anilines is 1. The molecule has 34 heavy (non-hydrogen) atoms. The largest absolute Gasteiger partial charge is 0.355 e. The summed E-state index contributed by atoms with van der Waals surface area (Å²) in [5.41, 5.74) is 1.37. The summed E-state index contributed by atoms with van der Waals surface area (Å²) in [4.78, 5) is 27.7. The maximum absolute atomic E-state index is 13.6. The number of likely N-dealkylation sites (N-methyl/N-ethyl adjacent to an activating group) is 1. The van der Waals surface area contributed by atoms with Crippen LogP contribution in [-0.2, 0) is 26.2 Å². The lowest BCUT2D eigenvalue weighted by Gasteiger charge is -2.33. The molecule has 0 spiro atoms. The third-order valence-electron chi connectivity index (χ3n) is 5.23. The molecule has 7 nitrogen and oxygen atoms in total. The maximum atomic E-state index is 13.6. The fourth-order valence-electron chi connectivity index (χ4n) is 3.56. The molecule has 0 fully saturated rings. The molecule has 0 bridgehead atoms. The molecule has 0 aromatic heterocycles. The van der Waals surface area contributed by atoms with Crippen LogP contribution in [0.3, 0.4) is 0 Å². The van der Waals surface area contributed by atoms with Crippen molar-refractivity contribution >= 4 is 62.3 Å². The van der Waals surface area contributed by atoms with E-state index in [1.54, 1.807) is 57.2 Å². The number of halogens is 3. The average Bonchev–Trinajstić information content (AvgIpc) is 2.73. The zero-order valence-corrected chi connectivity index (χ0v) is 22.5. The van der Waals surface area contributed by atoms with Gasteiger partial charge in [0.05, 0.1) is 11.9 Å². The Morgan fingerprint density at radius 3 is 2.18 bits per heavy atom. The van der Waals surface area contributed by atoms with E-state index >= 15 is 0 Å². The maximum Gasteiger partial charge on any atom is 0.244 e. The topological polar surface area (TPSA) is 86.8 Å². The van der Waals surface area contributed by atoms with Gasteiger partial charge < -0.3 is 10.2 Å². The highest BCUT2D eigenvalue weighted by molar-refractivity contribution is 7.92. The van der Waals surface area contributed by atoms with Crippen molar-refractivity contribution in [3.8, 4) is 0 Å². The van der Waals surface area contributed by atoms with Crippen molar-refractivity contribution in [2.24, 2.45) is 0 Å². The molecule has 2 aromatic carbocycles. The Labute approximate surface area is 216 Å². The first-order valence-electron chi connectivity index (χ1n) is 10.6. The van der Waals surface area contributed by atoms with Gasteiger partial charge in [0, 0.05) is 33.7 Å². The lowest BCUT2D eigenvalue weighted by atomic mass is 10.1. The van der Waals surface area contributed by atoms with Crippen molar-refractivity contribution in [2.45, 2.75) is 39.8 Å². The molecular formula is C23H28Cl3N3O4S. The first kappa shape index (κ1) is 28.2. The number of aryl methyl sites for hydroxylation is 1. The number of nitrogens with one attached hydrogen (secondary N) is 1. The van der Waals surface area contributed by atoms with E-state index in [0.29, 0.717) is 44.8 Å². The van der Waals surface area contributed by atoms with Gasteiger partial charge in [0.1, 0.15) is 12.6 Å². The van der Waals surface area contributed by atoms with Crippen molar-refractivity contribution < 1.29 is 18.0 Å². The summed E-state index contributed by atoms with van der Waals surface area (Å²) in [6.07, 6.45) is 1.32. The van der Waals surface area contributed by atoms with Crippen LogP contribution in [0, 0.1) is 6.92 Å². The Kier molecular flexibility index (Phi) is 10.1. The number of carbonyl (C=O) groups excluding carboxylic acids is 2. The van der Waals surface area contributed by atoms with Gasteiger partial charge in [-0.1, -0.05) is 47.8 Å². The Hall–Kier alpha value is -2.00. The minimum atomic E-state index is -3.84. The van der Waals surface area contributed by atoms with Crippen molar-refractivity contribution in [2.75, 3.05) is 23.7 Å². The van der Waals surface area contributed by atoms with Crippen LogP contribution in [0.4, 0.5) is 5.69 Å². The molecule has 0 radical (unpaired) electrons. The van der Waals surface area contributed by atoms with Crippen LogP contribution in [0.5, 0.6) is 0 Å². The van der Waals surface area contributed by atoms with E-state index in [1.165, 1.54) is 4.90 Å². The van der Waals surface area contributed by atoms with E-state index < -0.39 is 28.5 Å². The predicted octanol–water partition coefficient (Wildman–Crippen LogP) is 4.66. The highest BCUT2D eigenvalue weighted by Gasteiger charge is 2.32. The molecule has 186 valence electrons. The molecule has 0 saturated carbocycles. The summed E-state index contributed by atoms with van der Waals surface area (Å²) in [5.74, 6) is -0.927. The van der Waals surface area contributed by atoms with Gasteiger partial charge in [-0.2, -0.15) is 0 Å². The Morgan fingerprint density at radius 1 is 1.06 bits per heavy atom.